The summed E-state index contributed by atoms with van der Waals surface area (Å²) in [5.41, 5.74) is -0.123. The first-order chi connectivity index (χ1) is 25.9. The highest BCUT2D eigenvalue weighted by Gasteiger charge is 2.56. The summed E-state index contributed by atoms with van der Waals surface area (Å²) in [5.74, 6) is -1.34. The first-order valence-corrected chi connectivity index (χ1v) is 18.4. The molecule has 8 rings (SSSR count). The van der Waals surface area contributed by atoms with Gasteiger partial charge in [0.05, 0.1) is 24.3 Å². The number of esters is 2. The second-order valence-corrected chi connectivity index (χ2v) is 14.2. The number of rotatable bonds is 8. The average molecular weight is 743 g/mol. The minimum Gasteiger partial charge on any atom is -0.453 e. The Kier molecular flexibility index (Phi) is 10.9. The second-order valence-electron chi connectivity index (χ2n) is 13.0. The number of hydrogen-bond acceptors (Lipinski definition) is 13. The molecule has 0 unspecified atom stereocenters. The third-order valence-corrected chi connectivity index (χ3v) is 10.8. The van der Waals surface area contributed by atoms with Gasteiger partial charge in [-0.1, -0.05) is 109 Å². The number of carbonyl (C=O) groups excluding carboxylic acids is 2. The molecule has 4 aromatic carbocycles. The van der Waals surface area contributed by atoms with E-state index in [1.807, 2.05) is 60.7 Å². The molecule has 0 radical (unpaired) electrons. The van der Waals surface area contributed by atoms with Gasteiger partial charge in [0.15, 0.2) is 24.8 Å². The summed E-state index contributed by atoms with van der Waals surface area (Å²) in [6.45, 7) is 0.123. The van der Waals surface area contributed by atoms with Crippen molar-refractivity contribution in [2.24, 2.45) is 0 Å². The topological polar surface area (TPSA) is 148 Å². The molecule has 4 aliphatic rings. The lowest BCUT2D eigenvalue weighted by Gasteiger charge is -2.50. The van der Waals surface area contributed by atoms with E-state index in [2.05, 4.69) is 0 Å². The smallest absolute Gasteiger partial charge is 0.338 e. The van der Waals surface area contributed by atoms with Crippen LogP contribution in [0.5, 0.6) is 0 Å². The van der Waals surface area contributed by atoms with Crippen LogP contribution in [0.25, 0.3) is 0 Å². The number of hydrogen-bond donors (Lipinski definition) is 2. The minimum absolute atomic E-state index is 0.0568. The van der Waals surface area contributed by atoms with Crippen LogP contribution < -0.4 is 0 Å². The molecular formula is C40H38O12S. The van der Waals surface area contributed by atoms with Crippen LogP contribution in [-0.2, 0) is 37.9 Å². The van der Waals surface area contributed by atoms with Crippen molar-refractivity contribution in [2.45, 2.75) is 72.3 Å². The number of thioether (sulfide) groups is 1. The zero-order valence-electron chi connectivity index (χ0n) is 28.3. The van der Waals surface area contributed by atoms with E-state index in [0.29, 0.717) is 5.56 Å². The molecule has 4 saturated heterocycles. The van der Waals surface area contributed by atoms with Gasteiger partial charge in [0.25, 0.3) is 0 Å². The Hall–Kier alpha value is -4.15. The van der Waals surface area contributed by atoms with Gasteiger partial charge < -0.3 is 48.1 Å². The van der Waals surface area contributed by atoms with Gasteiger partial charge in [-0.2, -0.15) is 0 Å². The molecule has 12 nitrogen and oxygen atoms in total. The Balaban J connectivity index is 1.06. The first kappa shape index (κ1) is 35.9. The van der Waals surface area contributed by atoms with Gasteiger partial charge in [-0.15, -0.1) is 0 Å². The lowest BCUT2D eigenvalue weighted by molar-refractivity contribution is -0.321. The molecule has 12 atom stereocenters. The molecule has 0 aliphatic carbocycles. The molecule has 2 N–H and O–H groups in total. The standard InChI is InChI=1S/C40H38O12S/c41-29-31-27(21-45-37(51-31)25-17-9-3-10-18-25)48-40(34(29)50-36(44)24-15-7-2-8-16-24)53-39-30(42)33(49-35(43)23-13-5-1-6-14-23)32-28(47-39)22-46-38(52-32)26-19-11-4-12-20-26/h1-20,27-34,37-42H,21-22H2/t27-,28-,29+,30-,31+,32+,33-,34-,37+,38+,39+,40+/m1/s1. The van der Waals surface area contributed by atoms with Crippen LogP contribution in [0.1, 0.15) is 44.4 Å². The average Bonchev–Trinajstić information content (AvgIpc) is 3.21. The van der Waals surface area contributed by atoms with E-state index in [1.54, 1.807) is 60.7 Å². The van der Waals surface area contributed by atoms with Crippen LogP contribution in [0.4, 0.5) is 0 Å². The highest BCUT2D eigenvalue weighted by Crippen LogP contribution is 2.44. The second kappa shape index (κ2) is 16.1. The number of aliphatic hydroxyl groups is 2. The van der Waals surface area contributed by atoms with Crippen molar-refractivity contribution >= 4 is 23.7 Å². The Morgan fingerprint density at radius 1 is 0.528 bits per heavy atom. The molecular weight excluding hydrogens is 704 g/mol. The van der Waals surface area contributed by atoms with Crippen molar-refractivity contribution in [3.8, 4) is 0 Å². The molecule has 0 spiro atoms. The van der Waals surface area contributed by atoms with E-state index < -0.39 is 84.2 Å². The van der Waals surface area contributed by atoms with E-state index >= 15 is 0 Å². The van der Waals surface area contributed by atoms with Crippen molar-refractivity contribution in [2.75, 3.05) is 13.2 Å². The molecule has 0 aromatic heterocycles. The first-order valence-electron chi connectivity index (χ1n) is 17.4. The van der Waals surface area contributed by atoms with Crippen LogP contribution in [0, 0.1) is 0 Å². The summed E-state index contributed by atoms with van der Waals surface area (Å²) in [4.78, 5) is 26.8. The number of aliphatic hydroxyl groups excluding tert-OH is 2. The van der Waals surface area contributed by atoms with Crippen LogP contribution in [0.3, 0.4) is 0 Å². The molecule has 0 saturated carbocycles. The van der Waals surface area contributed by atoms with Crippen LogP contribution in [0.2, 0.25) is 0 Å². The molecule has 0 amide bonds. The lowest BCUT2D eigenvalue weighted by Crippen LogP contribution is -2.64. The van der Waals surface area contributed by atoms with E-state index in [0.717, 1.165) is 22.9 Å². The maximum atomic E-state index is 13.4. The quantitative estimate of drug-likeness (QED) is 0.243. The van der Waals surface area contributed by atoms with Crippen molar-refractivity contribution in [3.05, 3.63) is 144 Å². The summed E-state index contributed by atoms with van der Waals surface area (Å²) in [7, 11) is 0. The summed E-state index contributed by atoms with van der Waals surface area (Å²) in [6.07, 6.45) is -10.2. The Morgan fingerprint density at radius 2 is 0.962 bits per heavy atom. The minimum atomic E-state index is -1.45. The van der Waals surface area contributed by atoms with Crippen molar-refractivity contribution < 1.29 is 57.7 Å². The third kappa shape index (κ3) is 7.76. The van der Waals surface area contributed by atoms with Crippen molar-refractivity contribution in [3.63, 3.8) is 0 Å². The predicted molar refractivity (Wildman–Crippen MR) is 188 cm³/mol. The van der Waals surface area contributed by atoms with Crippen LogP contribution in [0.15, 0.2) is 121 Å². The summed E-state index contributed by atoms with van der Waals surface area (Å²) in [5, 5.41) is 23.8. The Bertz CT molecular complexity index is 1820. The highest BCUT2D eigenvalue weighted by molar-refractivity contribution is 8.00. The number of carbonyl (C=O) groups is 2. The summed E-state index contributed by atoms with van der Waals surface area (Å²) < 4.78 is 49.4. The Labute approximate surface area is 309 Å². The van der Waals surface area contributed by atoms with Gasteiger partial charge in [-0.25, -0.2) is 9.59 Å². The molecule has 4 aromatic rings. The normalized spacial score (nSPS) is 33.8. The van der Waals surface area contributed by atoms with E-state index in [4.69, 9.17) is 37.9 Å². The molecule has 53 heavy (non-hydrogen) atoms. The summed E-state index contributed by atoms with van der Waals surface area (Å²) >= 11 is 0.986. The van der Waals surface area contributed by atoms with Crippen LogP contribution >= 0.6 is 11.8 Å². The fraction of sp³-hybridized carbons (Fsp3) is 0.350. The van der Waals surface area contributed by atoms with E-state index in [-0.39, 0.29) is 18.8 Å². The van der Waals surface area contributed by atoms with Crippen LogP contribution in [-0.4, -0.2) is 95.1 Å². The number of fused-ring (bicyclic) bond motifs is 2. The number of benzene rings is 4. The molecule has 0 bridgehead atoms. The van der Waals surface area contributed by atoms with Gasteiger partial charge in [-0.05, 0) is 24.3 Å². The van der Waals surface area contributed by atoms with Gasteiger partial charge in [0.1, 0.15) is 47.5 Å². The fourth-order valence-corrected chi connectivity index (χ4v) is 8.20. The third-order valence-electron chi connectivity index (χ3n) is 9.53. The van der Waals surface area contributed by atoms with Gasteiger partial charge in [-0.3, -0.25) is 0 Å². The van der Waals surface area contributed by atoms with Crippen molar-refractivity contribution in [1.29, 1.82) is 0 Å². The maximum absolute atomic E-state index is 13.4. The Morgan fingerprint density at radius 3 is 1.49 bits per heavy atom. The van der Waals surface area contributed by atoms with E-state index in [9.17, 15) is 19.8 Å². The zero-order chi connectivity index (χ0) is 36.3. The van der Waals surface area contributed by atoms with Gasteiger partial charge in [0.2, 0.25) is 0 Å². The molecule has 276 valence electrons. The molecule has 4 fully saturated rings. The molecule has 4 heterocycles. The van der Waals surface area contributed by atoms with Gasteiger partial charge >= 0.3 is 11.9 Å². The SMILES string of the molecule is O=C(O[C@@H]1[C@@H](O)[C@H](S[C@@H]2O[C@@H]3CO[C@H](c4ccccc4)O[C@@H]3[C@H](O)[C@H]2OC(=O)c2ccccc2)O[C@@H]2CO[C@H](c3ccccc3)O[C@H]12)c1ccccc1. The monoisotopic (exact) mass is 742 g/mol. The molecule has 4 aliphatic heterocycles. The fourth-order valence-electron chi connectivity index (χ4n) is 6.83. The largest absolute Gasteiger partial charge is 0.453 e. The predicted octanol–water partition coefficient (Wildman–Crippen LogP) is 4.57. The number of ether oxygens (including phenoxy) is 8. The molecule has 13 heteroatoms. The zero-order valence-corrected chi connectivity index (χ0v) is 29.1. The highest BCUT2D eigenvalue weighted by atomic mass is 32.2. The van der Waals surface area contributed by atoms with Gasteiger partial charge in [0, 0.05) is 11.1 Å². The summed E-state index contributed by atoms with van der Waals surface area (Å²) in [6, 6.07) is 35.4. The lowest BCUT2D eigenvalue weighted by atomic mass is 9.98. The maximum Gasteiger partial charge on any atom is 0.338 e. The van der Waals surface area contributed by atoms with E-state index in [1.165, 1.54) is 0 Å². The van der Waals surface area contributed by atoms with Crippen molar-refractivity contribution in [1.82, 2.24) is 0 Å².